The summed E-state index contributed by atoms with van der Waals surface area (Å²) in [6, 6.07) is 28.2. The summed E-state index contributed by atoms with van der Waals surface area (Å²) in [4.78, 5) is 29.1. The van der Waals surface area contributed by atoms with Gasteiger partial charge in [-0.2, -0.15) is 4.72 Å². The van der Waals surface area contributed by atoms with E-state index >= 15 is 0 Å². The molecule has 210 valence electrons. The second-order valence-electron chi connectivity index (χ2n) is 9.97. The SMILES string of the molecule is Cc1ccc(S(=O)(=O)NC(Cc2c[nH]c3ccccc23)C(=O)Oc2ccc3c(-c4ccccc4)cc(=O)oc3c2)cc1. The zero-order valence-electron chi connectivity index (χ0n) is 22.5. The van der Waals surface area contributed by atoms with Crippen molar-refractivity contribution in [3.05, 3.63) is 131 Å². The number of carbonyl (C=O) groups is 1. The Labute approximate surface area is 241 Å². The summed E-state index contributed by atoms with van der Waals surface area (Å²) in [6.07, 6.45) is 1.79. The van der Waals surface area contributed by atoms with E-state index in [1.54, 1.807) is 30.5 Å². The van der Waals surface area contributed by atoms with Crippen molar-refractivity contribution >= 4 is 37.9 Å². The average Bonchev–Trinajstić information content (AvgIpc) is 3.39. The van der Waals surface area contributed by atoms with Crippen molar-refractivity contribution in [2.75, 3.05) is 0 Å². The molecular formula is C33H26N2O6S. The number of rotatable bonds is 8. The number of aromatic amines is 1. The topological polar surface area (TPSA) is 118 Å². The number of carbonyl (C=O) groups excluding carboxylic acids is 1. The van der Waals surface area contributed by atoms with Gasteiger partial charge in [0.1, 0.15) is 17.4 Å². The average molecular weight is 579 g/mol. The molecule has 2 N–H and O–H groups in total. The van der Waals surface area contributed by atoms with E-state index in [-0.39, 0.29) is 22.6 Å². The lowest BCUT2D eigenvalue weighted by Crippen LogP contribution is -2.44. The maximum Gasteiger partial charge on any atom is 0.336 e. The van der Waals surface area contributed by atoms with E-state index in [1.165, 1.54) is 24.3 Å². The van der Waals surface area contributed by atoms with Crippen LogP contribution in [0.4, 0.5) is 0 Å². The van der Waals surface area contributed by atoms with Gasteiger partial charge in [-0.05, 0) is 53.9 Å². The van der Waals surface area contributed by atoms with Crippen molar-refractivity contribution in [1.29, 1.82) is 0 Å². The highest BCUT2D eigenvalue weighted by atomic mass is 32.2. The molecule has 0 fully saturated rings. The van der Waals surface area contributed by atoms with Gasteiger partial charge in [-0.1, -0.05) is 66.2 Å². The van der Waals surface area contributed by atoms with Gasteiger partial charge >= 0.3 is 11.6 Å². The van der Waals surface area contributed by atoms with Gasteiger partial charge in [-0.25, -0.2) is 18.0 Å². The molecule has 8 nitrogen and oxygen atoms in total. The van der Waals surface area contributed by atoms with Crippen molar-refractivity contribution < 1.29 is 22.4 Å². The smallest absolute Gasteiger partial charge is 0.336 e. The first-order valence-corrected chi connectivity index (χ1v) is 14.7. The van der Waals surface area contributed by atoms with Crippen LogP contribution in [0.25, 0.3) is 33.0 Å². The highest BCUT2D eigenvalue weighted by molar-refractivity contribution is 7.89. The summed E-state index contributed by atoms with van der Waals surface area (Å²) in [6.45, 7) is 1.86. The van der Waals surface area contributed by atoms with Gasteiger partial charge in [0, 0.05) is 41.0 Å². The zero-order chi connectivity index (χ0) is 29.3. The highest BCUT2D eigenvalue weighted by Gasteiger charge is 2.29. The summed E-state index contributed by atoms with van der Waals surface area (Å²) in [7, 11) is -4.07. The van der Waals surface area contributed by atoms with Crippen molar-refractivity contribution in [3.63, 3.8) is 0 Å². The van der Waals surface area contributed by atoms with Crippen molar-refractivity contribution in [2.45, 2.75) is 24.3 Å². The predicted octanol–water partition coefficient (Wildman–Crippen LogP) is 5.74. The second-order valence-corrected chi connectivity index (χ2v) is 11.7. The molecule has 2 heterocycles. The molecule has 2 aromatic heterocycles. The zero-order valence-corrected chi connectivity index (χ0v) is 23.4. The van der Waals surface area contributed by atoms with Gasteiger partial charge in [-0.15, -0.1) is 0 Å². The molecule has 6 aromatic rings. The second kappa shape index (κ2) is 11.1. The molecule has 0 aliphatic heterocycles. The Balaban J connectivity index is 1.33. The highest BCUT2D eigenvalue weighted by Crippen LogP contribution is 2.30. The van der Waals surface area contributed by atoms with Crippen LogP contribution in [-0.4, -0.2) is 25.4 Å². The normalized spacial score (nSPS) is 12.4. The summed E-state index contributed by atoms with van der Waals surface area (Å²) in [5.41, 5.74) is 3.72. The molecule has 6 rings (SSSR count). The first-order chi connectivity index (χ1) is 20.3. The van der Waals surface area contributed by atoms with Crippen LogP contribution in [0.3, 0.4) is 0 Å². The summed E-state index contributed by atoms with van der Waals surface area (Å²) < 4.78 is 40.3. The Hall–Kier alpha value is -4.99. The van der Waals surface area contributed by atoms with E-state index in [0.717, 1.165) is 27.6 Å². The number of hydrogen-bond donors (Lipinski definition) is 2. The maximum absolute atomic E-state index is 13.6. The molecule has 0 saturated heterocycles. The molecule has 0 saturated carbocycles. The number of para-hydroxylation sites is 1. The van der Waals surface area contributed by atoms with Crippen LogP contribution in [0, 0.1) is 6.92 Å². The number of aromatic nitrogens is 1. The molecule has 0 amide bonds. The molecule has 0 aliphatic carbocycles. The first-order valence-electron chi connectivity index (χ1n) is 13.3. The van der Waals surface area contributed by atoms with E-state index in [1.807, 2.05) is 61.5 Å². The summed E-state index contributed by atoms with van der Waals surface area (Å²) >= 11 is 0. The van der Waals surface area contributed by atoms with Gasteiger partial charge in [0.25, 0.3) is 0 Å². The van der Waals surface area contributed by atoms with Crippen LogP contribution in [0.2, 0.25) is 0 Å². The molecule has 1 unspecified atom stereocenters. The minimum Gasteiger partial charge on any atom is -0.425 e. The number of H-pyrrole nitrogens is 1. The number of nitrogens with one attached hydrogen (secondary N) is 2. The minimum atomic E-state index is -4.07. The van der Waals surface area contributed by atoms with Crippen molar-refractivity contribution in [2.24, 2.45) is 0 Å². The van der Waals surface area contributed by atoms with Crippen LogP contribution in [0.15, 0.2) is 123 Å². The van der Waals surface area contributed by atoms with E-state index in [0.29, 0.717) is 10.9 Å². The molecule has 9 heteroatoms. The largest absolute Gasteiger partial charge is 0.425 e. The molecule has 0 bridgehead atoms. The summed E-state index contributed by atoms with van der Waals surface area (Å²) in [5.74, 6) is -0.698. The number of hydrogen-bond acceptors (Lipinski definition) is 6. The van der Waals surface area contributed by atoms with Gasteiger partial charge in [0.15, 0.2) is 0 Å². The molecule has 42 heavy (non-hydrogen) atoms. The number of sulfonamides is 1. The number of ether oxygens (including phenoxy) is 1. The van der Waals surface area contributed by atoms with E-state index in [9.17, 15) is 18.0 Å². The fraction of sp³-hybridized carbons (Fsp3) is 0.0909. The molecule has 0 spiro atoms. The Kier molecular flexibility index (Phi) is 7.20. The van der Waals surface area contributed by atoms with Gasteiger partial charge < -0.3 is 14.1 Å². The Morgan fingerprint density at radius 2 is 1.64 bits per heavy atom. The maximum atomic E-state index is 13.6. The third-order valence-electron chi connectivity index (χ3n) is 7.03. The number of esters is 1. The van der Waals surface area contributed by atoms with Crippen LogP contribution in [-0.2, 0) is 21.2 Å². The van der Waals surface area contributed by atoms with Gasteiger partial charge in [0.05, 0.1) is 4.90 Å². The monoisotopic (exact) mass is 578 g/mol. The first kappa shape index (κ1) is 27.2. The van der Waals surface area contributed by atoms with Crippen molar-refractivity contribution in [1.82, 2.24) is 9.71 Å². The summed E-state index contributed by atoms with van der Waals surface area (Å²) in [5, 5.41) is 1.53. The lowest BCUT2D eigenvalue weighted by molar-refractivity contribution is -0.136. The standard InChI is InChI=1S/C33H26N2O6S/c1-21-11-14-25(15-12-21)42(38,39)35-30(17-23-20-34-29-10-6-5-9-26(23)29)33(37)40-24-13-16-27-28(22-7-3-2-4-8-22)19-32(36)41-31(27)18-24/h2-16,18-20,30,34-35H,17H2,1H3. The lowest BCUT2D eigenvalue weighted by Gasteiger charge is -2.18. The lowest BCUT2D eigenvalue weighted by atomic mass is 10.0. The van der Waals surface area contributed by atoms with Gasteiger partial charge in [-0.3, -0.25) is 0 Å². The Morgan fingerprint density at radius 1 is 0.905 bits per heavy atom. The fourth-order valence-electron chi connectivity index (χ4n) is 4.92. The molecule has 0 radical (unpaired) electrons. The quantitative estimate of drug-likeness (QED) is 0.135. The van der Waals surface area contributed by atoms with E-state index in [4.69, 9.17) is 9.15 Å². The molecule has 1 atom stereocenters. The molecule has 4 aromatic carbocycles. The number of aryl methyl sites for hydroxylation is 1. The fourth-order valence-corrected chi connectivity index (χ4v) is 6.10. The van der Waals surface area contributed by atoms with E-state index < -0.39 is 27.7 Å². The van der Waals surface area contributed by atoms with Gasteiger partial charge in [0.2, 0.25) is 10.0 Å². The third-order valence-corrected chi connectivity index (χ3v) is 8.52. The molecule has 0 aliphatic rings. The van der Waals surface area contributed by atoms with Crippen LogP contribution in [0.5, 0.6) is 5.75 Å². The Bertz CT molecular complexity index is 2080. The predicted molar refractivity (Wildman–Crippen MR) is 161 cm³/mol. The van der Waals surface area contributed by atoms with Crippen LogP contribution < -0.4 is 15.1 Å². The van der Waals surface area contributed by atoms with Crippen LogP contribution >= 0.6 is 0 Å². The third kappa shape index (κ3) is 5.60. The molecular weight excluding hydrogens is 552 g/mol. The number of fused-ring (bicyclic) bond motifs is 2. The Morgan fingerprint density at radius 3 is 2.43 bits per heavy atom. The van der Waals surface area contributed by atoms with Crippen LogP contribution in [0.1, 0.15) is 11.1 Å². The van der Waals surface area contributed by atoms with E-state index in [2.05, 4.69) is 9.71 Å². The van der Waals surface area contributed by atoms with Crippen molar-refractivity contribution in [3.8, 4) is 16.9 Å². The minimum absolute atomic E-state index is 0.0331. The number of benzene rings is 4.